The quantitative estimate of drug-likeness (QED) is 0.486. The topological polar surface area (TPSA) is 101 Å². The lowest BCUT2D eigenvalue weighted by molar-refractivity contribution is 0.567. The van der Waals surface area contributed by atoms with Gasteiger partial charge in [-0.05, 0) is 39.6 Å². The monoisotopic (exact) mass is 383 g/mol. The van der Waals surface area contributed by atoms with Gasteiger partial charge in [0, 0.05) is 10.6 Å². The molecule has 0 spiro atoms. The summed E-state index contributed by atoms with van der Waals surface area (Å²) in [6.07, 6.45) is 0. The molecule has 0 amide bonds. The number of nitrogens with one attached hydrogen (secondary N) is 2. The fourth-order valence-corrected chi connectivity index (χ4v) is 3.95. The SMILES string of the molecule is O=c1[nH]nc(-c2cccs2)c2c1Nc1nnnn1[C@@H]2c1ccc(Cl)cc1. The van der Waals surface area contributed by atoms with E-state index in [2.05, 4.69) is 31.0 Å². The molecule has 0 fully saturated rings. The number of rotatable bonds is 2. The molecule has 0 bridgehead atoms. The highest BCUT2D eigenvalue weighted by molar-refractivity contribution is 7.13. The molecule has 0 saturated heterocycles. The van der Waals surface area contributed by atoms with E-state index >= 15 is 0 Å². The molecule has 0 unspecified atom stereocenters. The second-order valence-electron chi connectivity index (χ2n) is 5.69. The fourth-order valence-electron chi connectivity index (χ4n) is 3.09. The molecular formula is C16H10ClN7OS. The van der Waals surface area contributed by atoms with Crippen molar-refractivity contribution in [3.05, 3.63) is 68.3 Å². The van der Waals surface area contributed by atoms with Crippen LogP contribution in [0.4, 0.5) is 11.6 Å². The summed E-state index contributed by atoms with van der Waals surface area (Å²) >= 11 is 7.59. The maximum Gasteiger partial charge on any atom is 0.288 e. The number of anilines is 2. The minimum Gasteiger partial charge on any atom is -0.318 e. The Labute approximate surface area is 155 Å². The Hall–Kier alpha value is -3.04. The second-order valence-corrected chi connectivity index (χ2v) is 7.08. The number of hydrogen-bond donors (Lipinski definition) is 2. The summed E-state index contributed by atoms with van der Waals surface area (Å²) in [4.78, 5) is 13.4. The predicted molar refractivity (Wildman–Crippen MR) is 98.0 cm³/mol. The second kappa shape index (κ2) is 5.75. The molecule has 8 nitrogen and oxygen atoms in total. The van der Waals surface area contributed by atoms with Crippen LogP contribution in [0, 0.1) is 0 Å². The number of hydrogen-bond acceptors (Lipinski definition) is 7. The van der Waals surface area contributed by atoms with Crippen LogP contribution in [-0.2, 0) is 0 Å². The molecule has 4 aromatic rings. The van der Waals surface area contributed by atoms with Gasteiger partial charge < -0.3 is 5.32 Å². The Bertz CT molecular complexity index is 1150. The average Bonchev–Trinajstić information content (AvgIpc) is 3.33. The molecule has 1 atom stereocenters. The molecule has 2 N–H and O–H groups in total. The molecular weight excluding hydrogens is 374 g/mol. The fraction of sp³-hybridized carbons (Fsp3) is 0.0625. The van der Waals surface area contributed by atoms with Crippen LogP contribution in [0.3, 0.4) is 0 Å². The number of thiophene rings is 1. The van der Waals surface area contributed by atoms with E-state index in [1.54, 1.807) is 28.2 Å². The van der Waals surface area contributed by atoms with Crippen molar-refractivity contribution in [2.75, 3.05) is 5.32 Å². The number of halogens is 1. The van der Waals surface area contributed by atoms with Crippen molar-refractivity contribution in [1.29, 1.82) is 0 Å². The van der Waals surface area contributed by atoms with E-state index in [-0.39, 0.29) is 5.56 Å². The first-order chi connectivity index (χ1) is 12.7. The molecule has 26 heavy (non-hydrogen) atoms. The van der Waals surface area contributed by atoms with Crippen LogP contribution in [0.2, 0.25) is 5.02 Å². The van der Waals surface area contributed by atoms with E-state index in [4.69, 9.17) is 11.6 Å². The van der Waals surface area contributed by atoms with Crippen LogP contribution in [0.25, 0.3) is 10.6 Å². The van der Waals surface area contributed by atoms with Crippen molar-refractivity contribution in [3.63, 3.8) is 0 Å². The highest BCUT2D eigenvalue weighted by Crippen LogP contribution is 2.41. The van der Waals surface area contributed by atoms with Crippen molar-refractivity contribution >= 4 is 34.6 Å². The van der Waals surface area contributed by atoms with Gasteiger partial charge in [0.2, 0.25) is 5.95 Å². The average molecular weight is 384 g/mol. The third kappa shape index (κ3) is 2.25. The lowest BCUT2D eigenvalue weighted by Gasteiger charge is -2.27. The van der Waals surface area contributed by atoms with E-state index in [1.807, 2.05) is 29.6 Å². The van der Waals surface area contributed by atoms with Crippen LogP contribution >= 0.6 is 22.9 Å². The molecule has 1 aliphatic rings. The van der Waals surface area contributed by atoms with Gasteiger partial charge in [0.15, 0.2) is 0 Å². The van der Waals surface area contributed by atoms with Gasteiger partial charge in [0.25, 0.3) is 5.56 Å². The maximum atomic E-state index is 12.5. The highest BCUT2D eigenvalue weighted by Gasteiger charge is 2.34. The van der Waals surface area contributed by atoms with E-state index < -0.39 is 6.04 Å². The van der Waals surface area contributed by atoms with E-state index in [0.717, 1.165) is 16.0 Å². The lowest BCUT2D eigenvalue weighted by Crippen LogP contribution is -2.29. The van der Waals surface area contributed by atoms with E-state index in [1.165, 1.54) is 0 Å². The van der Waals surface area contributed by atoms with Crippen LogP contribution in [0.15, 0.2) is 46.6 Å². The number of fused-ring (bicyclic) bond motifs is 2. The predicted octanol–water partition coefficient (Wildman–Crippen LogP) is 2.83. The summed E-state index contributed by atoms with van der Waals surface area (Å²) in [5.74, 6) is 0.395. The standard InChI is InChI=1S/C16H10ClN7OS/c17-9-5-3-8(4-6-9)14-11-12(10-2-1-7-26-10)19-20-15(25)13(11)18-16-21-22-23-24(14)16/h1-7,14H,(H,20,25)(H,18,21,23)/t14-/m1/s1. The molecule has 1 aliphatic heterocycles. The van der Waals surface area contributed by atoms with Gasteiger partial charge in [0.05, 0.1) is 4.88 Å². The summed E-state index contributed by atoms with van der Waals surface area (Å²) in [5.41, 5.74) is 2.37. The molecule has 3 aromatic heterocycles. The van der Waals surface area contributed by atoms with Crippen molar-refractivity contribution in [2.45, 2.75) is 6.04 Å². The van der Waals surface area contributed by atoms with Gasteiger partial charge in [-0.1, -0.05) is 34.9 Å². The molecule has 10 heteroatoms. The van der Waals surface area contributed by atoms with Crippen molar-refractivity contribution in [3.8, 4) is 10.6 Å². The zero-order valence-electron chi connectivity index (χ0n) is 13.0. The number of aromatic nitrogens is 6. The summed E-state index contributed by atoms with van der Waals surface area (Å²) in [7, 11) is 0. The third-order valence-corrected chi connectivity index (χ3v) is 5.34. The summed E-state index contributed by atoms with van der Waals surface area (Å²) in [6, 6.07) is 10.9. The van der Waals surface area contributed by atoms with Gasteiger partial charge in [-0.15, -0.1) is 11.3 Å². The van der Waals surface area contributed by atoms with Gasteiger partial charge >= 0.3 is 0 Å². The summed E-state index contributed by atoms with van der Waals surface area (Å²) in [6.45, 7) is 0. The van der Waals surface area contributed by atoms with E-state index in [9.17, 15) is 4.79 Å². The molecule has 1 aromatic carbocycles. The van der Waals surface area contributed by atoms with Gasteiger partial charge in [-0.2, -0.15) is 9.78 Å². The number of H-pyrrole nitrogens is 1. The number of benzene rings is 1. The third-order valence-electron chi connectivity index (χ3n) is 4.21. The molecule has 5 rings (SSSR count). The summed E-state index contributed by atoms with van der Waals surface area (Å²) in [5, 5.41) is 24.3. The highest BCUT2D eigenvalue weighted by atomic mass is 35.5. The molecule has 128 valence electrons. The maximum absolute atomic E-state index is 12.5. The van der Waals surface area contributed by atoms with Crippen LogP contribution in [-0.4, -0.2) is 30.4 Å². The first kappa shape index (κ1) is 15.2. The van der Waals surface area contributed by atoms with Crippen molar-refractivity contribution < 1.29 is 0 Å². The Morgan fingerprint density at radius 2 is 2.04 bits per heavy atom. The van der Waals surface area contributed by atoms with Gasteiger partial charge in [0.1, 0.15) is 17.4 Å². The van der Waals surface area contributed by atoms with Crippen molar-refractivity contribution in [1.82, 2.24) is 30.4 Å². The minimum atomic E-state index is -0.402. The summed E-state index contributed by atoms with van der Waals surface area (Å²) < 4.78 is 1.64. The Morgan fingerprint density at radius 3 is 2.81 bits per heavy atom. The van der Waals surface area contributed by atoms with Gasteiger partial charge in [-0.3, -0.25) is 4.79 Å². The van der Waals surface area contributed by atoms with Crippen LogP contribution < -0.4 is 10.9 Å². The zero-order valence-corrected chi connectivity index (χ0v) is 14.6. The zero-order chi connectivity index (χ0) is 17.7. The largest absolute Gasteiger partial charge is 0.318 e. The smallest absolute Gasteiger partial charge is 0.288 e. The van der Waals surface area contributed by atoms with Crippen molar-refractivity contribution in [2.24, 2.45) is 0 Å². The lowest BCUT2D eigenvalue weighted by atomic mass is 9.94. The number of aromatic amines is 1. The van der Waals surface area contributed by atoms with Gasteiger partial charge in [-0.25, -0.2) is 5.10 Å². The Kier molecular flexibility index (Phi) is 3.37. The first-order valence-corrected chi connectivity index (χ1v) is 8.95. The Balaban J connectivity index is 1.83. The van der Waals surface area contributed by atoms with Crippen LogP contribution in [0.1, 0.15) is 17.2 Å². The van der Waals surface area contributed by atoms with Crippen LogP contribution in [0.5, 0.6) is 0 Å². The molecule has 0 aliphatic carbocycles. The molecule has 4 heterocycles. The first-order valence-electron chi connectivity index (χ1n) is 7.69. The minimum absolute atomic E-state index is 0.325. The molecule has 0 saturated carbocycles. The van der Waals surface area contributed by atoms with E-state index in [0.29, 0.717) is 22.4 Å². The normalized spacial score (nSPS) is 15.2. The number of nitrogens with zero attached hydrogens (tertiary/aromatic N) is 5. The Morgan fingerprint density at radius 1 is 1.19 bits per heavy atom. The number of tetrazole rings is 1. The molecule has 0 radical (unpaired) electrons.